The predicted molar refractivity (Wildman–Crippen MR) is 121 cm³/mol. The number of likely N-dealkylation sites (tertiary alicyclic amines) is 1. The molecule has 2 aliphatic heterocycles. The third kappa shape index (κ3) is 5.25. The quantitative estimate of drug-likeness (QED) is 0.699. The van der Waals surface area contributed by atoms with E-state index in [0.29, 0.717) is 18.4 Å². The molecular weight excluding hydrogens is 445 g/mol. The fourth-order valence-corrected chi connectivity index (χ4v) is 6.04. The molecule has 0 aliphatic carbocycles. The standard InChI is InChI=1S/C24H28FN3O4S/c25-20-10-12-21(13-11-20)33(31,32)28-16-4-5-22(28)23(29)26-17-18-6-8-19(9-7-18)24(30)27-14-2-1-3-15-27/h6-13,22H,1-5,14-17H2,(H,26,29)/t22-/m0/s1. The Labute approximate surface area is 193 Å². The molecule has 0 bridgehead atoms. The molecule has 4 rings (SSSR count). The molecule has 2 fully saturated rings. The lowest BCUT2D eigenvalue weighted by atomic mass is 10.1. The number of sulfonamides is 1. The van der Waals surface area contributed by atoms with E-state index in [1.165, 1.54) is 16.4 Å². The van der Waals surface area contributed by atoms with Gasteiger partial charge in [-0.05, 0) is 74.1 Å². The lowest BCUT2D eigenvalue weighted by molar-refractivity contribution is -0.124. The molecule has 0 unspecified atom stereocenters. The van der Waals surface area contributed by atoms with Gasteiger partial charge in [-0.1, -0.05) is 12.1 Å². The van der Waals surface area contributed by atoms with Gasteiger partial charge in [0.2, 0.25) is 15.9 Å². The Morgan fingerprint density at radius 2 is 1.58 bits per heavy atom. The Morgan fingerprint density at radius 1 is 0.909 bits per heavy atom. The summed E-state index contributed by atoms with van der Waals surface area (Å²) in [6, 6.07) is 10.9. The van der Waals surface area contributed by atoms with Crippen molar-refractivity contribution in [2.24, 2.45) is 0 Å². The molecule has 1 N–H and O–H groups in total. The number of carbonyl (C=O) groups is 2. The summed E-state index contributed by atoms with van der Waals surface area (Å²) >= 11 is 0. The molecule has 33 heavy (non-hydrogen) atoms. The first kappa shape index (κ1) is 23.4. The van der Waals surface area contributed by atoms with Crippen molar-refractivity contribution in [1.82, 2.24) is 14.5 Å². The van der Waals surface area contributed by atoms with Crippen molar-refractivity contribution in [3.8, 4) is 0 Å². The minimum Gasteiger partial charge on any atom is -0.351 e. The van der Waals surface area contributed by atoms with E-state index in [2.05, 4.69) is 5.32 Å². The minimum atomic E-state index is -3.89. The lowest BCUT2D eigenvalue weighted by Crippen LogP contribution is -2.45. The summed E-state index contributed by atoms with van der Waals surface area (Å²) in [6.45, 7) is 2.05. The van der Waals surface area contributed by atoms with Crippen molar-refractivity contribution in [2.75, 3.05) is 19.6 Å². The first-order valence-corrected chi connectivity index (χ1v) is 12.7. The average molecular weight is 474 g/mol. The molecule has 0 spiro atoms. The second-order valence-corrected chi connectivity index (χ2v) is 10.4. The molecule has 2 aromatic carbocycles. The number of nitrogens with zero attached hydrogens (tertiary/aromatic N) is 2. The zero-order chi connectivity index (χ0) is 23.4. The monoisotopic (exact) mass is 473 g/mol. The van der Waals surface area contributed by atoms with Gasteiger partial charge in [0.05, 0.1) is 4.90 Å². The van der Waals surface area contributed by atoms with Crippen LogP contribution in [-0.4, -0.2) is 55.1 Å². The molecule has 9 heteroatoms. The van der Waals surface area contributed by atoms with E-state index in [4.69, 9.17) is 0 Å². The van der Waals surface area contributed by atoms with Crippen LogP contribution in [-0.2, 0) is 21.4 Å². The number of carbonyl (C=O) groups excluding carboxylic acids is 2. The number of amides is 2. The third-order valence-corrected chi connectivity index (χ3v) is 8.16. The molecule has 0 radical (unpaired) electrons. The number of rotatable bonds is 6. The molecule has 0 saturated carbocycles. The Morgan fingerprint density at radius 3 is 2.24 bits per heavy atom. The van der Waals surface area contributed by atoms with Gasteiger partial charge in [-0.25, -0.2) is 12.8 Å². The summed E-state index contributed by atoms with van der Waals surface area (Å²) in [5.74, 6) is -0.863. The topological polar surface area (TPSA) is 86.8 Å². The van der Waals surface area contributed by atoms with E-state index in [1.54, 1.807) is 24.3 Å². The Balaban J connectivity index is 1.37. The van der Waals surface area contributed by atoms with Crippen LogP contribution in [0.4, 0.5) is 4.39 Å². The Kier molecular flexibility index (Phi) is 7.09. The first-order chi connectivity index (χ1) is 15.9. The van der Waals surface area contributed by atoms with Crippen LogP contribution in [0, 0.1) is 5.82 Å². The van der Waals surface area contributed by atoms with Gasteiger partial charge in [0.15, 0.2) is 0 Å². The summed E-state index contributed by atoms with van der Waals surface area (Å²) in [5.41, 5.74) is 1.45. The van der Waals surface area contributed by atoms with Gasteiger partial charge in [0.1, 0.15) is 11.9 Å². The fraction of sp³-hybridized carbons (Fsp3) is 0.417. The summed E-state index contributed by atoms with van der Waals surface area (Å²) in [6.07, 6.45) is 4.23. The summed E-state index contributed by atoms with van der Waals surface area (Å²) in [5, 5.41) is 2.82. The molecule has 176 valence electrons. The number of halogens is 1. The van der Waals surface area contributed by atoms with Gasteiger partial charge in [0, 0.05) is 31.7 Å². The van der Waals surface area contributed by atoms with Crippen LogP contribution in [0.5, 0.6) is 0 Å². The van der Waals surface area contributed by atoms with Crippen LogP contribution in [0.3, 0.4) is 0 Å². The zero-order valence-electron chi connectivity index (χ0n) is 18.4. The van der Waals surface area contributed by atoms with Crippen LogP contribution in [0.15, 0.2) is 53.4 Å². The molecule has 2 aromatic rings. The van der Waals surface area contributed by atoms with Gasteiger partial charge >= 0.3 is 0 Å². The maximum atomic E-state index is 13.2. The van der Waals surface area contributed by atoms with Crippen molar-refractivity contribution in [3.05, 3.63) is 65.5 Å². The number of hydrogen-bond donors (Lipinski definition) is 1. The smallest absolute Gasteiger partial charge is 0.253 e. The summed E-state index contributed by atoms with van der Waals surface area (Å²) in [4.78, 5) is 27.2. The van der Waals surface area contributed by atoms with Crippen LogP contribution in [0.2, 0.25) is 0 Å². The van der Waals surface area contributed by atoms with Crippen molar-refractivity contribution in [2.45, 2.75) is 49.6 Å². The van der Waals surface area contributed by atoms with Gasteiger partial charge in [0.25, 0.3) is 5.91 Å². The van der Waals surface area contributed by atoms with Crippen molar-refractivity contribution >= 4 is 21.8 Å². The second kappa shape index (κ2) is 10.0. The molecule has 7 nitrogen and oxygen atoms in total. The number of nitrogens with one attached hydrogen (secondary N) is 1. The van der Waals surface area contributed by atoms with Crippen molar-refractivity contribution in [1.29, 1.82) is 0 Å². The maximum absolute atomic E-state index is 13.2. The van der Waals surface area contributed by atoms with Crippen molar-refractivity contribution < 1.29 is 22.4 Å². The van der Waals surface area contributed by atoms with Gasteiger partial charge in [-0.2, -0.15) is 4.31 Å². The molecule has 1 atom stereocenters. The van der Waals surface area contributed by atoms with Crippen molar-refractivity contribution in [3.63, 3.8) is 0 Å². The Hall–Kier alpha value is -2.78. The highest BCUT2D eigenvalue weighted by Crippen LogP contribution is 2.26. The summed E-state index contributed by atoms with van der Waals surface area (Å²) in [7, 11) is -3.89. The zero-order valence-corrected chi connectivity index (χ0v) is 19.2. The van der Waals surface area contributed by atoms with E-state index >= 15 is 0 Å². The molecule has 2 heterocycles. The maximum Gasteiger partial charge on any atom is 0.253 e. The van der Waals surface area contributed by atoms with Gasteiger partial charge in [-0.15, -0.1) is 0 Å². The third-order valence-electron chi connectivity index (χ3n) is 6.24. The van der Waals surface area contributed by atoms with Crippen LogP contribution in [0.25, 0.3) is 0 Å². The SMILES string of the molecule is O=C(NCc1ccc(C(=O)N2CCCCC2)cc1)[C@@H]1CCCN1S(=O)(=O)c1ccc(F)cc1. The van der Waals surface area contributed by atoms with Crippen LogP contribution in [0.1, 0.15) is 48.0 Å². The molecule has 2 aliphatic rings. The predicted octanol–water partition coefficient (Wildman–Crippen LogP) is 2.92. The number of hydrogen-bond acceptors (Lipinski definition) is 4. The van der Waals surface area contributed by atoms with Crippen LogP contribution < -0.4 is 5.32 Å². The minimum absolute atomic E-state index is 0.0258. The van der Waals surface area contributed by atoms with E-state index in [-0.39, 0.29) is 29.8 Å². The average Bonchev–Trinajstić information content (AvgIpc) is 3.34. The highest BCUT2D eigenvalue weighted by molar-refractivity contribution is 7.89. The molecule has 2 amide bonds. The van der Waals surface area contributed by atoms with E-state index < -0.39 is 21.9 Å². The largest absolute Gasteiger partial charge is 0.351 e. The number of piperidine rings is 1. The molecule has 0 aromatic heterocycles. The van der Waals surface area contributed by atoms with E-state index in [1.807, 2.05) is 4.90 Å². The molecule has 2 saturated heterocycles. The Bertz CT molecular complexity index is 1100. The second-order valence-electron chi connectivity index (χ2n) is 8.50. The molecular formula is C24H28FN3O4S. The van der Waals surface area contributed by atoms with Crippen LogP contribution >= 0.6 is 0 Å². The van der Waals surface area contributed by atoms with E-state index in [0.717, 1.165) is 50.0 Å². The fourth-order valence-electron chi connectivity index (χ4n) is 4.38. The first-order valence-electron chi connectivity index (χ1n) is 11.3. The highest BCUT2D eigenvalue weighted by atomic mass is 32.2. The normalized spacial score (nSPS) is 19.4. The van der Waals surface area contributed by atoms with Gasteiger partial charge in [-0.3, -0.25) is 9.59 Å². The van der Waals surface area contributed by atoms with Gasteiger partial charge < -0.3 is 10.2 Å². The lowest BCUT2D eigenvalue weighted by Gasteiger charge is -2.26. The van der Waals surface area contributed by atoms with E-state index in [9.17, 15) is 22.4 Å². The number of benzene rings is 2. The highest BCUT2D eigenvalue weighted by Gasteiger charge is 2.39. The summed E-state index contributed by atoms with van der Waals surface area (Å²) < 4.78 is 40.3.